The molecule has 0 amide bonds. The van der Waals surface area contributed by atoms with Gasteiger partial charge in [-0.15, -0.1) is 0 Å². The van der Waals surface area contributed by atoms with Gasteiger partial charge in [0.15, 0.2) is 0 Å². The molecule has 1 aromatic rings. The second kappa shape index (κ2) is 7.58. The molecular formula is C21H35N3O3S. The number of nitrogens with one attached hydrogen (secondary N) is 1. The molecule has 0 bridgehead atoms. The third-order valence-electron chi connectivity index (χ3n) is 5.17. The highest BCUT2D eigenvalue weighted by molar-refractivity contribution is 7.90. The Kier molecular flexibility index (Phi) is 6.10. The van der Waals surface area contributed by atoms with Gasteiger partial charge in [0, 0.05) is 18.5 Å². The summed E-state index contributed by atoms with van der Waals surface area (Å²) in [7, 11) is -3.83. The number of sulfonamides is 1. The van der Waals surface area contributed by atoms with E-state index in [0.29, 0.717) is 18.5 Å². The van der Waals surface area contributed by atoms with Crippen molar-refractivity contribution in [2.24, 2.45) is 16.1 Å². The molecule has 28 heavy (non-hydrogen) atoms. The molecule has 7 heteroatoms. The minimum atomic E-state index is -3.83. The largest absolute Gasteiger partial charge is 0.487 e. The van der Waals surface area contributed by atoms with Gasteiger partial charge in [-0.25, -0.2) is 13.1 Å². The van der Waals surface area contributed by atoms with Crippen LogP contribution in [0.2, 0.25) is 0 Å². The van der Waals surface area contributed by atoms with Crippen LogP contribution in [0.25, 0.3) is 0 Å². The Morgan fingerprint density at radius 1 is 1.18 bits per heavy atom. The highest BCUT2D eigenvalue weighted by Gasteiger charge is 2.36. The third-order valence-corrected chi connectivity index (χ3v) is 6.79. The minimum Gasteiger partial charge on any atom is -0.487 e. The predicted octanol–water partition coefficient (Wildman–Crippen LogP) is 3.74. The SMILES string of the molecule is Cc1c(C)c(S(=O)(=O)NC(N)=NCCCC(C)(C)C)c(C)c2c1OC(C)(C)C2. The second-order valence-electron chi connectivity index (χ2n) is 9.59. The van der Waals surface area contributed by atoms with Crippen molar-refractivity contribution in [1.29, 1.82) is 0 Å². The van der Waals surface area contributed by atoms with Gasteiger partial charge < -0.3 is 10.5 Å². The lowest BCUT2D eigenvalue weighted by molar-refractivity contribution is 0.137. The summed E-state index contributed by atoms with van der Waals surface area (Å²) in [6.07, 6.45) is 2.52. The lowest BCUT2D eigenvalue weighted by atomic mass is 9.91. The average molecular weight is 410 g/mol. The Bertz CT molecular complexity index is 895. The van der Waals surface area contributed by atoms with Crippen LogP contribution in [0.3, 0.4) is 0 Å². The maximum Gasteiger partial charge on any atom is 0.264 e. The van der Waals surface area contributed by atoms with E-state index >= 15 is 0 Å². The highest BCUT2D eigenvalue weighted by Crippen LogP contribution is 2.43. The quantitative estimate of drug-likeness (QED) is 0.440. The molecule has 0 aliphatic carbocycles. The second-order valence-corrected chi connectivity index (χ2v) is 11.2. The number of fused-ring (bicyclic) bond motifs is 1. The summed E-state index contributed by atoms with van der Waals surface area (Å²) in [6.45, 7) is 16.5. The summed E-state index contributed by atoms with van der Waals surface area (Å²) in [5, 5.41) is 0. The molecule has 2 rings (SSSR count). The monoisotopic (exact) mass is 409 g/mol. The van der Waals surface area contributed by atoms with E-state index in [9.17, 15) is 8.42 Å². The normalized spacial score (nSPS) is 16.6. The molecule has 1 aromatic carbocycles. The lowest BCUT2D eigenvalue weighted by Gasteiger charge is -2.19. The van der Waals surface area contributed by atoms with E-state index in [1.807, 2.05) is 34.6 Å². The van der Waals surface area contributed by atoms with Gasteiger partial charge in [0.05, 0.1) is 4.90 Å². The number of ether oxygens (including phenoxy) is 1. The molecule has 1 aliphatic heterocycles. The van der Waals surface area contributed by atoms with Gasteiger partial charge in [0.2, 0.25) is 5.96 Å². The minimum absolute atomic E-state index is 0.0672. The molecule has 0 radical (unpaired) electrons. The van der Waals surface area contributed by atoms with Crippen LogP contribution in [0.5, 0.6) is 5.75 Å². The summed E-state index contributed by atoms with van der Waals surface area (Å²) in [6, 6.07) is 0. The Labute approximate surface area is 170 Å². The molecule has 6 nitrogen and oxygen atoms in total. The molecule has 3 N–H and O–H groups in total. The number of guanidine groups is 1. The maximum absolute atomic E-state index is 13.1. The fourth-order valence-corrected chi connectivity index (χ4v) is 5.20. The van der Waals surface area contributed by atoms with Crippen LogP contribution in [-0.2, 0) is 16.4 Å². The van der Waals surface area contributed by atoms with E-state index in [4.69, 9.17) is 10.5 Å². The van der Waals surface area contributed by atoms with E-state index < -0.39 is 10.0 Å². The van der Waals surface area contributed by atoms with Crippen molar-refractivity contribution in [1.82, 2.24) is 4.72 Å². The van der Waals surface area contributed by atoms with Crippen LogP contribution in [0.15, 0.2) is 9.89 Å². The van der Waals surface area contributed by atoms with Crippen molar-refractivity contribution in [2.75, 3.05) is 6.54 Å². The van der Waals surface area contributed by atoms with Gasteiger partial charge in [-0.1, -0.05) is 20.8 Å². The number of rotatable bonds is 5. The summed E-state index contributed by atoms with van der Waals surface area (Å²) >= 11 is 0. The molecule has 0 unspecified atom stereocenters. The Balaban J connectivity index is 2.29. The first-order valence-corrected chi connectivity index (χ1v) is 11.3. The molecule has 158 valence electrons. The third kappa shape index (κ3) is 4.99. The van der Waals surface area contributed by atoms with Crippen molar-refractivity contribution >= 4 is 16.0 Å². The number of nitrogens with two attached hydrogens (primary N) is 1. The zero-order chi connectivity index (χ0) is 21.5. The van der Waals surface area contributed by atoms with Crippen LogP contribution in [-0.4, -0.2) is 26.5 Å². The molecular weight excluding hydrogens is 374 g/mol. The predicted molar refractivity (Wildman–Crippen MR) is 115 cm³/mol. The Morgan fingerprint density at radius 3 is 2.36 bits per heavy atom. The topological polar surface area (TPSA) is 93.8 Å². The molecule has 0 fully saturated rings. The van der Waals surface area contributed by atoms with Gasteiger partial charge in [-0.3, -0.25) is 4.99 Å². The average Bonchev–Trinajstić information content (AvgIpc) is 2.84. The zero-order valence-corrected chi connectivity index (χ0v) is 19.3. The molecule has 1 heterocycles. The van der Waals surface area contributed by atoms with E-state index in [2.05, 4.69) is 30.5 Å². The fourth-order valence-electron chi connectivity index (χ4n) is 3.68. The lowest BCUT2D eigenvalue weighted by Crippen LogP contribution is -2.37. The van der Waals surface area contributed by atoms with Crippen LogP contribution >= 0.6 is 0 Å². The molecule has 1 aliphatic rings. The van der Waals surface area contributed by atoms with Gasteiger partial charge >= 0.3 is 0 Å². The molecule has 0 saturated heterocycles. The maximum atomic E-state index is 13.1. The van der Waals surface area contributed by atoms with Crippen molar-refractivity contribution in [2.45, 2.75) is 85.1 Å². The van der Waals surface area contributed by atoms with E-state index in [1.165, 1.54) is 0 Å². The molecule has 0 spiro atoms. The summed E-state index contributed by atoms with van der Waals surface area (Å²) in [4.78, 5) is 4.47. The van der Waals surface area contributed by atoms with Crippen LogP contribution in [0.1, 0.15) is 69.7 Å². The van der Waals surface area contributed by atoms with Gasteiger partial charge in [-0.05, 0) is 69.6 Å². The summed E-state index contributed by atoms with van der Waals surface area (Å²) < 4.78 is 34.7. The number of benzene rings is 1. The van der Waals surface area contributed by atoms with E-state index in [0.717, 1.165) is 35.3 Å². The Hall–Kier alpha value is -1.76. The summed E-state index contributed by atoms with van der Waals surface area (Å²) in [5.74, 6) is 0.741. The number of hydrogen-bond donors (Lipinski definition) is 2. The van der Waals surface area contributed by atoms with E-state index in [-0.39, 0.29) is 21.9 Å². The van der Waals surface area contributed by atoms with Gasteiger partial charge in [0.25, 0.3) is 10.0 Å². The number of hydrogen-bond acceptors (Lipinski definition) is 4. The van der Waals surface area contributed by atoms with Crippen LogP contribution in [0.4, 0.5) is 0 Å². The van der Waals surface area contributed by atoms with E-state index in [1.54, 1.807) is 0 Å². The zero-order valence-electron chi connectivity index (χ0n) is 18.5. The fraction of sp³-hybridized carbons (Fsp3) is 0.667. The molecule has 0 atom stereocenters. The first-order chi connectivity index (χ1) is 12.6. The van der Waals surface area contributed by atoms with Crippen molar-refractivity contribution in [3.63, 3.8) is 0 Å². The highest BCUT2D eigenvalue weighted by atomic mass is 32.2. The summed E-state index contributed by atoms with van der Waals surface area (Å²) in [5.41, 5.74) is 8.96. The van der Waals surface area contributed by atoms with Crippen molar-refractivity contribution in [3.8, 4) is 5.75 Å². The van der Waals surface area contributed by atoms with Crippen molar-refractivity contribution < 1.29 is 13.2 Å². The standard InChI is InChI=1S/C21H35N3O3S/c1-13-14(2)18(15(3)16-12-21(7,8)27-17(13)16)28(25,26)24-19(22)23-11-9-10-20(4,5)6/h9-12H2,1-8H3,(H3,22,23,24). The first kappa shape index (κ1) is 22.5. The first-order valence-electron chi connectivity index (χ1n) is 9.79. The van der Waals surface area contributed by atoms with Gasteiger partial charge in [0.1, 0.15) is 11.4 Å². The van der Waals surface area contributed by atoms with Gasteiger partial charge in [-0.2, -0.15) is 0 Å². The number of aliphatic imine (C=N–C) groups is 1. The van der Waals surface area contributed by atoms with Crippen molar-refractivity contribution in [3.05, 3.63) is 22.3 Å². The molecule has 0 saturated carbocycles. The van der Waals surface area contributed by atoms with Crippen LogP contribution < -0.4 is 15.2 Å². The number of nitrogens with zero attached hydrogens (tertiary/aromatic N) is 1. The Morgan fingerprint density at radius 2 is 1.79 bits per heavy atom. The smallest absolute Gasteiger partial charge is 0.264 e. The van der Waals surface area contributed by atoms with Crippen LogP contribution in [0, 0.1) is 26.2 Å². The molecule has 0 aromatic heterocycles.